The molecular weight excluding hydrogens is 356 g/mol. The number of likely N-dealkylation sites (tertiary alicyclic amines) is 1. The number of nitrogens with zero attached hydrogens (tertiary/aromatic N) is 2. The van der Waals surface area contributed by atoms with Gasteiger partial charge in [-0.3, -0.25) is 4.79 Å². The first-order chi connectivity index (χ1) is 13.1. The second kappa shape index (κ2) is 7.21. The Labute approximate surface area is 155 Å². The minimum absolute atomic E-state index is 0.165. The van der Waals surface area contributed by atoms with Gasteiger partial charge < -0.3 is 19.7 Å². The summed E-state index contributed by atoms with van der Waals surface area (Å²) in [4.78, 5) is 18.6. The highest BCUT2D eigenvalue weighted by molar-refractivity contribution is 5.95. The zero-order valence-corrected chi connectivity index (χ0v) is 14.6. The van der Waals surface area contributed by atoms with E-state index in [0.29, 0.717) is 44.7 Å². The Morgan fingerprint density at radius 3 is 2.44 bits per heavy atom. The highest BCUT2D eigenvalue weighted by atomic mass is 19.1. The first kappa shape index (κ1) is 17.8. The number of anilines is 2. The normalized spacial score (nSPS) is 18.7. The van der Waals surface area contributed by atoms with Crippen molar-refractivity contribution in [1.29, 1.82) is 0 Å². The number of hydrogen-bond acceptors (Lipinski definition) is 5. The highest BCUT2D eigenvalue weighted by Crippen LogP contribution is 2.32. The standard InChI is InChI=1S/C19H19F2N3O3/c20-14-2-1-3-15(21)17(14)23-16-12-13(4-7-22-16)18(25)24-8-5-19(6-9-24)26-10-11-27-19/h1-4,7,12H,5-6,8-11H2,(H,22,23). The predicted molar refractivity (Wildman–Crippen MR) is 93.7 cm³/mol. The maximum absolute atomic E-state index is 13.8. The summed E-state index contributed by atoms with van der Waals surface area (Å²) >= 11 is 0. The molecule has 4 rings (SSSR count). The second-order valence-electron chi connectivity index (χ2n) is 6.55. The van der Waals surface area contributed by atoms with Gasteiger partial charge in [-0.15, -0.1) is 0 Å². The molecule has 0 atom stereocenters. The largest absolute Gasteiger partial charge is 0.347 e. The molecule has 2 aliphatic heterocycles. The Bertz CT molecular complexity index is 826. The number of nitrogens with one attached hydrogen (secondary N) is 1. The number of ether oxygens (including phenoxy) is 2. The van der Waals surface area contributed by atoms with Gasteiger partial charge in [-0.25, -0.2) is 13.8 Å². The van der Waals surface area contributed by atoms with Crippen molar-refractivity contribution in [2.75, 3.05) is 31.6 Å². The van der Waals surface area contributed by atoms with Gasteiger partial charge in [0.1, 0.15) is 23.1 Å². The van der Waals surface area contributed by atoms with Crippen molar-refractivity contribution in [3.63, 3.8) is 0 Å². The molecule has 2 fully saturated rings. The summed E-state index contributed by atoms with van der Waals surface area (Å²) in [6, 6.07) is 6.65. The molecule has 2 aromatic rings. The molecule has 0 unspecified atom stereocenters. The first-order valence-electron chi connectivity index (χ1n) is 8.81. The molecule has 0 aliphatic carbocycles. The topological polar surface area (TPSA) is 63.7 Å². The fourth-order valence-corrected chi connectivity index (χ4v) is 3.40. The van der Waals surface area contributed by atoms with Crippen molar-refractivity contribution in [3.8, 4) is 0 Å². The maximum Gasteiger partial charge on any atom is 0.254 e. The molecule has 1 amide bonds. The number of pyridine rings is 1. The average molecular weight is 375 g/mol. The van der Waals surface area contributed by atoms with Crippen LogP contribution >= 0.6 is 0 Å². The lowest BCUT2D eigenvalue weighted by molar-refractivity contribution is -0.181. The van der Waals surface area contributed by atoms with E-state index in [2.05, 4.69) is 10.3 Å². The number of benzene rings is 1. The summed E-state index contributed by atoms with van der Waals surface area (Å²) in [6.07, 6.45) is 2.67. The molecule has 1 aromatic carbocycles. The molecule has 142 valence electrons. The van der Waals surface area contributed by atoms with E-state index in [1.807, 2.05) is 0 Å². The minimum Gasteiger partial charge on any atom is -0.347 e. The zero-order chi connectivity index (χ0) is 18.9. The smallest absolute Gasteiger partial charge is 0.254 e. The number of hydrogen-bond donors (Lipinski definition) is 1. The van der Waals surface area contributed by atoms with E-state index in [-0.39, 0.29) is 17.4 Å². The number of carbonyl (C=O) groups is 1. The van der Waals surface area contributed by atoms with Crippen LogP contribution in [0.5, 0.6) is 0 Å². The number of piperidine rings is 1. The summed E-state index contributed by atoms with van der Waals surface area (Å²) in [5, 5.41) is 2.61. The first-order valence-corrected chi connectivity index (χ1v) is 8.81. The lowest BCUT2D eigenvalue weighted by Crippen LogP contribution is -2.47. The third-order valence-corrected chi connectivity index (χ3v) is 4.85. The van der Waals surface area contributed by atoms with E-state index in [9.17, 15) is 13.6 Å². The fourth-order valence-electron chi connectivity index (χ4n) is 3.40. The summed E-state index contributed by atoms with van der Waals surface area (Å²) in [6.45, 7) is 2.21. The molecular formula is C19H19F2N3O3. The van der Waals surface area contributed by atoms with E-state index < -0.39 is 17.4 Å². The van der Waals surface area contributed by atoms with Gasteiger partial charge in [0.25, 0.3) is 5.91 Å². The van der Waals surface area contributed by atoms with Gasteiger partial charge in [-0.1, -0.05) is 6.07 Å². The zero-order valence-electron chi connectivity index (χ0n) is 14.6. The van der Waals surface area contributed by atoms with Crippen molar-refractivity contribution < 1.29 is 23.0 Å². The van der Waals surface area contributed by atoms with Crippen LogP contribution in [0, 0.1) is 11.6 Å². The molecule has 1 spiro atoms. The molecule has 0 saturated carbocycles. The van der Waals surface area contributed by atoms with Crippen LogP contribution in [0.3, 0.4) is 0 Å². The Kier molecular flexibility index (Phi) is 4.75. The molecule has 1 N–H and O–H groups in total. The van der Waals surface area contributed by atoms with Gasteiger partial charge in [-0.2, -0.15) is 0 Å². The number of aromatic nitrogens is 1. The predicted octanol–water partition coefficient (Wildman–Crippen LogP) is 3.08. The molecule has 0 radical (unpaired) electrons. The van der Waals surface area contributed by atoms with Crippen molar-refractivity contribution >= 4 is 17.4 Å². The average Bonchev–Trinajstić information content (AvgIpc) is 3.13. The summed E-state index contributed by atoms with van der Waals surface area (Å²) in [7, 11) is 0. The van der Waals surface area contributed by atoms with Crippen molar-refractivity contribution in [3.05, 3.63) is 53.7 Å². The van der Waals surface area contributed by atoms with Crippen LogP contribution in [0.1, 0.15) is 23.2 Å². The summed E-state index contributed by atoms with van der Waals surface area (Å²) in [5.41, 5.74) is 0.0958. The van der Waals surface area contributed by atoms with Crippen LogP contribution < -0.4 is 5.32 Å². The Hall–Kier alpha value is -2.58. The number of para-hydroxylation sites is 1. The second-order valence-corrected chi connectivity index (χ2v) is 6.55. The maximum atomic E-state index is 13.8. The van der Waals surface area contributed by atoms with E-state index in [4.69, 9.17) is 9.47 Å². The van der Waals surface area contributed by atoms with Crippen molar-refractivity contribution in [2.24, 2.45) is 0 Å². The minimum atomic E-state index is -0.730. The summed E-state index contributed by atoms with van der Waals surface area (Å²) in [5.74, 6) is -1.98. The molecule has 2 aliphatic rings. The van der Waals surface area contributed by atoms with Gasteiger partial charge in [0.2, 0.25) is 0 Å². The lowest BCUT2D eigenvalue weighted by Gasteiger charge is -2.37. The fraction of sp³-hybridized carbons (Fsp3) is 0.368. The Morgan fingerprint density at radius 2 is 1.78 bits per heavy atom. The van der Waals surface area contributed by atoms with Crippen LogP contribution in [0.25, 0.3) is 0 Å². The van der Waals surface area contributed by atoms with Crippen molar-refractivity contribution in [2.45, 2.75) is 18.6 Å². The van der Waals surface area contributed by atoms with E-state index >= 15 is 0 Å². The number of halogens is 2. The molecule has 6 nitrogen and oxygen atoms in total. The van der Waals surface area contributed by atoms with Gasteiger partial charge in [0, 0.05) is 37.7 Å². The third kappa shape index (κ3) is 3.63. The number of rotatable bonds is 3. The molecule has 2 saturated heterocycles. The molecule has 0 bridgehead atoms. The van der Waals surface area contributed by atoms with Gasteiger partial charge >= 0.3 is 0 Å². The number of amides is 1. The molecule has 8 heteroatoms. The van der Waals surface area contributed by atoms with Gasteiger partial charge in [0.05, 0.1) is 13.2 Å². The van der Waals surface area contributed by atoms with Crippen LogP contribution in [0.2, 0.25) is 0 Å². The Morgan fingerprint density at radius 1 is 1.11 bits per heavy atom. The SMILES string of the molecule is O=C(c1ccnc(Nc2c(F)cccc2F)c1)N1CCC2(CC1)OCCO2. The quantitative estimate of drug-likeness (QED) is 0.893. The van der Waals surface area contributed by atoms with E-state index in [1.54, 1.807) is 11.0 Å². The van der Waals surface area contributed by atoms with Crippen LogP contribution in [-0.2, 0) is 9.47 Å². The van der Waals surface area contributed by atoms with Crippen LogP contribution in [-0.4, -0.2) is 47.9 Å². The highest BCUT2D eigenvalue weighted by Gasteiger charge is 2.40. The van der Waals surface area contributed by atoms with Crippen molar-refractivity contribution in [1.82, 2.24) is 9.88 Å². The third-order valence-electron chi connectivity index (χ3n) is 4.85. The molecule has 3 heterocycles. The van der Waals surface area contributed by atoms with E-state index in [0.717, 1.165) is 12.1 Å². The van der Waals surface area contributed by atoms with E-state index in [1.165, 1.54) is 18.3 Å². The monoisotopic (exact) mass is 375 g/mol. The van der Waals surface area contributed by atoms with Crippen LogP contribution in [0.15, 0.2) is 36.5 Å². The lowest BCUT2D eigenvalue weighted by atomic mass is 10.0. The Balaban J connectivity index is 1.47. The number of carbonyl (C=O) groups excluding carboxylic acids is 1. The summed E-state index contributed by atoms with van der Waals surface area (Å²) < 4.78 is 38.9. The van der Waals surface area contributed by atoms with Gasteiger partial charge in [0.15, 0.2) is 5.79 Å². The van der Waals surface area contributed by atoms with Crippen LogP contribution in [0.4, 0.5) is 20.3 Å². The van der Waals surface area contributed by atoms with Gasteiger partial charge in [-0.05, 0) is 24.3 Å². The molecule has 1 aromatic heterocycles. The molecule has 27 heavy (non-hydrogen) atoms.